The zero-order chi connectivity index (χ0) is 17.7. The summed E-state index contributed by atoms with van der Waals surface area (Å²) in [6, 6.07) is 5.54. The smallest absolute Gasteiger partial charge is 0.265 e. The van der Waals surface area contributed by atoms with Crippen LogP contribution < -0.4 is 5.56 Å². The van der Waals surface area contributed by atoms with Crippen LogP contribution in [0, 0.1) is 11.7 Å². The van der Waals surface area contributed by atoms with E-state index in [0.717, 1.165) is 4.68 Å². The predicted molar refractivity (Wildman–Crippen MR) is 85.4 cm³/mol. The van der Waals surface area contributed by atoms with Crippen molar-refractivity contribution in [2.24, 2.45) is 5.92 Å². The van der Waals surface area contributed by atoms with Crippen LogP contribution in [-0.2, 0) is 6.54 Å². The van der Waals surface area contributed by atoms with Crippen molar-refractivity contribution in [2.75, 3.05) is 0 Å². The number of alkyl halides is 2. The summed E-state index contributed by atoms with van der Waals surface area (Å²) in [6.45, 7) is 0.0444. The normalized spacial score (nSPS) is 19.7. The van der Waals surface area contributed by atoms with E-state index in [4.69, 9.17) is 11.6 Å². The van der Waals surface area contributed by atoms with Crippen molar-refractivity contribution in [3.8, 4) is 0 Å². The molecule has 0 unspecified atom stereocenters. The number of hydrogen-bond donors (Lipinski definition) is 0. The van der Waals surface area contributed by atoms with Gasteiger partial charge in [-0.15, -0.1) is 0 Å². The molecule has 0 spiro atoms. The van der Waals surface area contributed by atoms with Crippen LogP contribution in [0.25, 0.3) is 10.9 Å². The molecular weight excluding hydrogens is 357 g/mol. The van der Waals surface area contributed by atoms with Gasteiger partial charge < -0.3 is 0 Å². The molecule has 1 aromatic carbocycles. The maximum absolute atomic E-state index is 13.8. The Kier molecular flexibility index (Phi) is 3.79. The Morgan fingerprint density at radius 1 is 1.32 bits per heavy atom. The quantitative estimate of drug-likeness (QED) is 0.710. The highest BCUT2D eigenvalue weighted by molar-refractivity contribution is 6.34. The first-order valence-electron chi connectivity index (χ1n) is 7.62. The molecule has 0 saturated heterocycles. The van der Waals surface area contributed by atoms with E-state index in [2.05, 4.69) is 10.2 Å². The summed E-state index contributed by atoms with van der Waals surface area (Å²) >= 11 is 6.23. The van der Waals surface area contributed by atoms with Crippen molar-refractivity contribution in [2.45, 2.75) is 25.4 Å². The molecule has 0 N–H and O–H groups in total. The zero-order valence-electron chi connectivity index (χ0n) is 12.7. The van der Waals surface area contributed by atoms with Gasteiger partial charge in [0.1, 0.15) is 11.0 Å². The van der Waals surface area contributed by atoms with Gasteiger partial charge in [-0.3, -0.25) is 4.79 Å². The maximum Gasteiger partial charge on any atom is 0.295 e. The molecule has 9 heteroatoms. The molecule has 130 valence electrons. The van der Waals surface area contributed by atoms with E-state index >= 15 is 0 Å². The average Bonchev–Trinajstić information content (AvgIpc) is 3.31. The summed E-state index contributed by atoms with van der Waals surface area (Å²) in [5.74, 6) is -1.27. The van der Waals surface area contributed by atoms with E-state index in [0.29, 0.717) is 10.9 Å². The number of nitrogens with zero attached hydrogens (tertiary/aromatic N) is 4. The van der Waals surface area contributed by atoms with Gasteiger partial charge in [0.2, 0.25) is 6.43 Å². The number of halogens is 4. The molecule has 5 nitrogen and oxygen atoms in total. The average molecular weight is 369 g/mol. The Bertz CT molecular complexity index is 1020. The lowest BCUT2D eigenvalue weighted by Gasteiger charge is -2.04. The van der Waals surface area contributed by atoms with Crippen molar-refractivity contribution in [3.05, 3.63) is 57.3 Å². The number of rotatable bonds is 4. The van der Waals surface area contributed by atoms with Crippen LogP contribution in [0.5, 0.6) is 0 Å². The van der Waals surface area contributed by atoms with Gasteiger partial charge in [-0.1, -0.05) is 29.8 Å². The molecule has 0 radical (unpaired) electrons. The summed E-state index contributed by atoms with van der Waals surface area (Å²) < 4.78 is 41.6. The van der Waals surface area contributed by atoms with Gasteiger partial charge in [0, 0.05) is 11.5 Å². The summed E-state index contributed by atoms with van der Waals surface area (Å²) in [7, 11) is 0. The third kappa shape index (κ3) is 2.70. The molecule has 0 aliphatic heterocycles. The third-order valence-corrected chi connectivity index (χ3v) is 4.77. The second-order valence-corrected chi connectivity index (χ2v) is 6.36. The molecule has 2 aromatic heterocycles. The van der Waals surface area contributed by atoms with Crippen molar-refractivity contribution >= 4 is 22.5 Å². The minimum atomic E-state index is -2.49. The standard InChI is InChI=1S/C16H12ClF3N4O/c17-14-10-6-21-24(12-5-9(12)15(19)20)16(25)13(10)22-23(14)7-8-3-1-2-4-11(8)18/h1-4,6,9,12,15H,5,7H2/t9-,12+/m0/s1. The van der Waals surface area contributed by atoms with Crippen LogP contribution >= 0.6 is 11.6 Å². The van der Waals surface area contributed by atoms with Gasteiger partial charge in [-0.2, -0.15) is 10.2 Å². The second-order valence-electron chi connectivity index (χ2n) is 6.00. The fraction of sp³-hybridized carbons (Fsp3) is 0.312. The molecule has 0 amide bonds. The predicted octanol–water partition coefficient (Wildman–Crippen LogP) is 3.26. The van der Waals surface area contributed by atoms with Crippen LogP contribution in [0.2, 0.25) is 5.15 Å². The number of benzene rings is 1. The SMILES string of the molecule is O=c1c2nn(Cc3ccccc3F)c(Cl)c2cnn1[C@@H]1C[C@@H]1C(F)F. The van der Waals surface area contributed by atoms with Crippen molar-refractivity contribution in [1.82, 2.24) is 19.6 Å². The second kappa shape index (κ2) is 5.87. The van der Waals surface area contributed by atoms with E-state index in [1.807, 2.05) is 0 Å². The maximum atomic E-state index is 13.8. The van der Waals surface area contributed by atoms with E-state index in [-0.39, 0.29) is 23.6 Å². The Morgan fingerprint density at radius 2 is 2.08 bits per heavy atom. The van der Waals surface area contributed by atoms with Gasteiger partial charge >= 0.3 is 0 Å². The minimum absolute atomic E-state index is 0.0382. The highest BCUT2D eigenvalue weighted by Gasteiger charge is 2.47. The Hall–Kier alpha value is -2.35. The van der Waals surface area contributed by atoms with E-state index in [9.17, 15) is 18.0 Å². The first-order valence-corrected chi connectivity index (χ1v) is 8.00. The molecular formula is C16H12ClF3N4O. The van der Waals surface area contributed by atoms with Crippen molar-refractivity contribution in [1.29, 1.82) is 0 Å². The van der Waals surface area contributed by atoms with Crippen LogP contribution in [0.1, 0.15) is 18.0 Å². The number of fused-ring (bicyclic) bond motifs is 1. The molecule has 4 rings (SSSR count). The van der Waals surface area contributed by atoms with Gasteiger partial charge in [-0.05, 0) is 12.5 Å². The molecule has 1 fully saturated rings. The molecule has 1 aliphatic rings. The molecule has 2 heterocycles. The lowest BCUT2D eigenvalue weighted by molar-refractivity contribution is 0.115. The van der Waals surface area contributed by atoms with E-state index < -0.39 is 29.8 Å². The Labute approximate surface area is 144 Å². The summed E-state index contributed by atoms with van der Waals surface area (Å²) in [6.07, 6.45) is -0.943. The third-order valence-electron chi connectivity index (χ3n) is 4.37. The van der Waals surface area contributed by atoms with Gasteiger partial charge in [0.25, 0.3) is 5.56 Å². The topological polar surface area (TPSA) is 52.7 Å². The highest BCUT2D eigenvalue weighted by atomic mass is 35.5. The van der Waals surface area contributed by atoms with Crippen LogP contribution in [0.15, 0.2) is 35.3 Å². The molecule has 1 aliphatic carbocycles. The highest BCUT2D eigenvalue weighted by Crippen LogP contribution is 2.46. The van der Waals surface area contributed by atoms with Crippen LogP contribution in [0.4, 0.5) is 13.2 Å². The Balaban J connectivity index is 1.74. The summed E-state index contributed by atoms with van der Waals surface area (Å²) in [4.78, 5) is 12.5. The summed E-state index contributed by atoms with van der Waals surface area (Å²) in [5.41, 5.74) is -0.165. The zero-order valence-corrected chi connectivity index (χ0v) is 13.5. The molecule has 1 saturated carbocycles. The first-order chi connectivity index (χ1) is 12.0. The summed E-state index contributed by atoms with van der Waals surface area (Å²) in [5, 5.41) is 8.57. The fourth-order valence-electron chi connectivity index (χ4n) is 2.89. The molecule has 2 atom stereocenters. The number of hydrogen-bond acceptors (Lipinski definition) is 3. The molecule has 3 aromatic rings. The monoisotopic (exact) mass is 368 g/mol. The lowest BCUT2D eigenvalue weighted by atomic mass is 10.2. The largest absolute Gasteiger partial charge is 0.295 e. The minimum Gasteiger partial charge on any atom is -0.265 e. The van der Waals surface area contributed by atoms with E-state index in [1.165, 1.54) is 16.9 Å². The van der Waals surface area contributed by atoms with Crippen LogP contribution in [0.3, 0.4) is 0 Å². The van der Waals surface area contributed by atoms with Gasteiger partial charge in [0.05, 0.1) is 24.2 Å². The Morgan fingerprint density at radius 3 is 2.76 bits per heavy atom. The van der Waals surface area contributed by atoms with E-state index in [1.54, 1.807) is 18.2 Å². The van der Waals surface area contributed by atoms with Gasteiger partial charge in [-0.25, -0.2) is 22.5 Å². The lowest BCUT2D eigenvalue weighted by Crippen LogP contribution is -2.23. The van der Waals surface area contributed by atoms with Crippen molar-refractivity contribution < 1.29 is 13.2 Å². The van der Waals surface area contributed by atoms with Gasteiger partial charge in [0.15, 0.2) is 5.52 Å². The molecule has 0 bridgehead atoms. The molecule has 25 heavy (non-hydrogen) atoms. The van der Waals surface area contributed by atoms with Crippen molar-refractivity contribution in [3.63, 3.8) is 0 Å². The first kappa shape index (κ1) is 16.1. The fourth-order valence-corrected chi connectivity index (χ4v) is 3.13. The van der Waals surface area contributed by atoms with Crippen LogP contribution in [-0.4, -0.2) is 26.0 Å². The number of aromatic nitrogens is 4.